The van der Waals surface area contributed by atoms with Crippen LogP contribution in [0.2, 0.25) is 0 Å². The highest BCUT2D eigenvalue weighted by molar-refractivity contribution is 5.97. The van der Waals surface area contributed by atoms with Crippen LogP contribution in [0.15, 0.2) is 18.2 Å². The SMILES string of the molecule is CCn1nnc2cc(C(=O)NCC(C)C(=O)O)ccc21. The third kappa shape index (κ3) is 2.76. The number of nitrogens with one attached hydrogen (secondary N) is 1. The van der Waals surface area contributed by atoms with E-state index in [-0.39, 0.29) is 12.5 Å². The highest BCUT2D eigenvalue weighted by atomic mass is 16.4. The van der Waals surface area contributed by atoms with E-state index in [9.17, 15) is 9.59 Å². The number of aromatic nitrogens is 3. The molecule has 2 N–H and O–H groups in total. The molecular weight excluding hydrogens is 260 g/mol. The molecule has 0 fully saturated rings. The van der Waals surface area contributed by atoms with Gasteiger partial charge in [-0.25, -0.2) is 4.68 Å². The number of carboxylic acids is 1. The molecule has 1 aromatic heterocycles. The smallest absolute Gasteiger partial charge is 0.308 e. The summed E-state index contributed by atoms with van der Waals surface area (Å²) in [5.41, 5.74) is 1.95. The molecule has 1 heterocycles. The van der Waals surface area contributed by atoms with E-state index in [1.165, 1.54) is 0 Å². The van der Waals surface area contributed by atoms with Crippen molar-refractivity contribution in [3.05, 3.63) is 23.8 Å². The normalized spacial score (nSPS) is 12.3. The molecular formula is C13H16N4O3. The Balaban J connectivity index is 2.12. The van der Waals surface area contributed by atoms with Crippen LogP contribution in [0.25, 0.3) is 11.0 Å². The van der Waals surface area contributed by atoms with E-state index in [2.05, 4.69) is 15.6 Å². The molecule has 1 unspecified atom stereocenters. The van der Waals surface area contributed by atoms with Gasteiger partial charge in [-0.2, -0.15) is 0 Å². The van der Waals surface area contributed by atoms with Crippen LogP contribution in [-0.4, -0.2) is 38.5 Å². The second-order valence-corrected chi connectivity index (χ2v) is 4.56. The molecule has 2 rings (SSSR count). The zero-order valence-corrected chi connectivity index (χ0v) is 11.3. The van der Waals surface area contributed by atoms with Crippen LogP contribution in [0.5, 0.6) is 0 Å². The van der Waals surface area contributed by atoms with Crippen molar-refractivity contribution < 1.29 is 14.7 Å². The quantitative estimate of drug-likeness (QED) is 0.845. The molecule has 1 amide bonds. The van der Waals surface area contributed by atoms with Gasteiger partial charge in [0.1, 0.15) is 5.52 Å². The van der Waals surface area contributed by atoms with E-state index >= 15 is 0 Å². The number of carboxylic acid groups (broad SMARTS) is 1. The van der Waals surface area contributed by atoms with E-state index in [1.54, 1.807) is 29.8 Å². The molecule has 0 spiro atoms. The second kappa shape index (κ2) is 5.68. The van der Waals surface area contributed by atoms with E-state index < -0.39 is 11.9 Å². The van der Waals surface area contributed by atoms with Gasteiger partial charge in [0.25, 0.3) is 5.91 Å². The van der Waals surface area contributed by atoms with Crippen molar-refractivity contribution in [2.24, 2.45) is 5.92 Å². The zero-order chi connectivity index (χ0) is 14.7. The summed E-state index contributed by atoms with van der Waals surface area (Å²) in [4.78, 5) is 22.6. The molecule has 106 valence electrons. The summed E-state index contributed by atoms with van der Waals surface area (Å²) in [6.07, 6.45) is 0. The monoisotopic (exact) mass is 276 g/mol. The number of hydrogen-bond donors (Lipinski definition) is 2. The molecule has 0 aliphatic carbocycles. The van der Waals surface area contributed by atoms with E-state index in [0.717, 1.165) is 5.52 Å². The maximum atomic E-state index is 11.9. The molecule has 0 radical (unpaired) electrons. The molecule has 2 aromatic rings. The first kappa shape index (κ1) is 14.0. The summed E-state index contributed by atoms with van der Waals surface area (Å²) >= 11 is 0. The van der Waals surface area contributed by atoms with Gasteiger partial charge in [0.05, 0.1) is 11.4 Å². The fraction of sp³-hybridized carbons (Fsp3) is 0.385. The molecule has 0 aliphatic rings. The number of benzene rings is 1. The number of carbonyl (C=O) groups is 2. The van der Waals surface area contributed by atoms with Gasteiger partial charge in [-0.05, 0) is 25.1 Å². The Hall–Kier alpha value is -2.44. The Morgan fingerprint density at radius 3 is 2.85 bits per heavy atom. The minimum atomic E-state index is -0.938. The van der Waals surface area contributed by atoms with Crippen molar-refractivity contribution in [2.75, 3.05) is 6.54 Å². The number of carbonyl (C=O) groups excluding carboxylic acids is 1. The number of amides is 1. The number of nitrogens with zero attached hydrogens (tertiary/aromatic N) is 3. The van der Waals surface area contributed by atoms with Crippen molar-refractivity contribution in [1.29, 1.82) is 0 Å². The highest BCUT2D eigenvalue weighted by Crippen LogP contribution is 2.13. The minimum Gasteiger partial charge on any atom is -0.481 e. The summed E-state index contributed by atoms with van der Waals surface area (Å²) in [6, 6.07) is 5.11. The Morgan fingerprint density at radius 2 is 2.20 bits per heavy atom. The van der Waals surface area contributed by atoms with Gasteiger partial charge in [-0.3, -0.25) is 9.59 Å². The summed E-state index contributed by atoms with van der Waals surface area (Å²) in [6.45, 7) is 4.30. The summed E-state index contributed by atoms with van der Waals surface area (Å²) in [7, 11) is 0. The van der Waals surface area contributed by atoms with Crippen LogP contribution in [-0.2, 0) is 11.3 Å². The van der Waals surface area contributed by atoms with Crippen LogP contribution in [0.4, 0.5) is 0 Å². The van der Waals surface area contributed by atoms with Crippen molar-refractivity contribution in [3.63, 3.8) is 0 Å². The third-order valence-corrected chi connectivity index (χ3v) is 3.07. The van der Waals surface area contributed by atoms with Gasteiger partial charge >= 0.3 is 5.97 Å². The number of rotatable bonds is 5. The van der Waals surface area contributed by atoms with Gasteiger partial charge in [0, 0.05) is 18.7 Å². The fourth-order valence-electron chi connectivity index (χ4n) is 1.78. The molecule has 7 nitrogen and oxygen atoms in total. The average molecular weight is 276 g/mol. The van der Waals surface area contributed by atoms with Crippen molar-refractivity contribution >= 4 is 22.9 Å². The maximum Gasteiger partial charge on any atom is 0.308 e. The van der Waals surface area contributed by atoms with Gasteiger partial charge in [-0.15, -0.1) is 5.10 Å². The molecule has 0 saturated carbocycles. The fourth-order valence-corrected chi connectivity index (χ4v) is 1.78. The maximum absolute atomic E-state index is 11.9. The summed E-state index contributed by atoms with van der Waals surface area (Å²) < 4.78 is 1.74. The Bertz CT molecular complexity index is 650. The Morgan fingerprint density at radius 1 is 1.45 bits per heavy atom. The van der Waals surface area contributed by atoms with Gasteiger partial charge < -0.3 is 10.4 Å². The van der Waals surface area contributed by atoms with Crippen LogP contribution in [0.1, 0.15) is 24.2 Å². The van der Waals surface area contributed by atoms with E-state index in [4.69, 9.17) is 5.11 Å². The third-order valence-electron chi connectivity index (χ3n) is 3.07. The first-order valence-corrected chi connectivity index (χ1v) is 6.37. The highest BCUT2D eigenvalue weighted by Gasteiger charge is 2.14. The zero-order valence-electron chi connectivity index (χ0n) is 11.3. The lowest BCUT2D eigenvalue weighted by Crippen LogP contribution is -2.31. The van der Waals surface area contributed by atoms with E-state index in [0.29, 0.717) is 17.6 Å². The number of aliphatic carboxylic acids is 1. The minimum absolute atomic E-state index is 0.0911. The van der Waals surface area contributed by atoms with Crippen LogP contribution < -0.4 is 5.32 Å². The Labute approximate surface area is 115 Å². The van der Waals surface area contributed by atoms with Crippen LogP contribution in [0, 0.1) is 5.92 Å². The van der Waals surface area contributed by atoms with Crippen molar-refractivity contribution in [2.45, 2.75) is 20.4 Å². The standard InChI is InChI=1S/C13H16N4O3/c1-3-17-11-5-4-9(6-10(11)15-16-17)12(18)14-7-8(2)13(19)20/h4-6,8H,3,7H2,1-2H3,(H,14,18)(H,19,20). The lowest BCUT2D eigenvalue weighted by atomic mass is 10.1. The lowest BCUT2D eigenvalue weighted by Gasteiger charge is -2.08. The molecule has 0 saturated heterocycles. The molecule has 0 aliphatic heterocycles. The first-order chi connectivity index (χ1) is 9.52. The number of fused-ring (bicyclic) bond motifs is 1. The molecule has 0 bridgehead atoms. The van der Waals surface area contributed by atoms with Gasteiger partial charge in [-0.1, -0.05) is 12.1 Å². The lowest BCUT2D eigenvalue weighted by molar-refractivity contribution is -0.140. The van der Waals surface area contributed by atoms with Crippen molar-refractivity contribution in [3.8, 4) is 0 Å². The van der Waals surface area contributed by atoms with Crippen LogP contribution >= 0.6 is 0 Å². The van der Waals surface area contributed by atoms with E-state index in [1.807, 2.05) is 6.92 Å². The largest absolute Gasteiger partial charge is 0.481 e. The first-order valence-electron chi connectivity index (χ1n) is 6.37. The van der Waals surface area contributed by atoms with Crippen LogP contribution in [0.3, 0.4) is 0 Å². The van der Waals surface area contributed by atoms with Crippen molar-refractivity contribution in [1.82, 2.24) is 20.3 Å². The van der Waals surface area contributed by atoms with Gasteiger partial charge in [0.15, 0.2) is 0 Å². The second-order valence-electron chi connectivity index (χ2n) is 4.56. The Kier molecular flexibility index (Phi) is 3.97. The number of aryl methyl sites for hydroxylation is 1. The molecule has 20 heavy (non-hydrogen) atoms. The predicted octanol–water partition coefficient (Wildman–Crippen LogP) is 0.902. The average Bonchev–Trinajstić information content (AvgIpc) is 2.86. The summed E-state index contributed by atoms with van der Waals surface area (Å²) in [5, 5.41) is 19.3. The predicted molar refractivity (Wildman–Crippen MR) is 72.3 cm³/mol. The topological polar surface area (TPSA) is 97.1 Å². The molecule has 1 atom stereocenters. The number of hydrogen-bond acceptors (Lipinski definition) is 4. The van der Waals surface area contributed by atoms with Gasteiger partial charge in [0.2, 0.25) is 0 Å². The molecule has 7 heteroatoms. The molecule has 1 aromatic carbocycles. The summed E-state index contributed by atoms with van der Waals surface area (Å²) in [5.74, 6) is -1.87.